The summed E-state index contributed by atoms with van der Waals surface area (Å²) in [5, 5.41) is 19.8. The molecule has 2 unspecified atom stereocenters. The average Bonchev–Trinajstić information content (AvgIpc) is 2.27. The molecular formula is C17H24O2. The van der Waals surface area contributed by atoms with Gasteiger partial charge >= 0.3 is 0 Å². The van der Waals surface area contributed by atoms with E-state index >= 15 is 0 Å². The Balaban J connectivity index is 2.51. The molecule has 2 atom stereocenters. The fourth-order valence-corrected chi connectivity index (χ4v) is 3.33. The van der Waals surface area contributed by atoms with Crippen molar-refractivity contribution in [3.8, 4) is 11.5 Å². The maximum absolute atomic E-state index is 10.2. The molecule has 2 nitrogen and oxygen atoms in total. The maximum Gasteiger partial charge on any atom is 0.123 e. The molecule has 19 heavy (non-hydrogen) atoms. The lowest BCUT2D eigenvalue weighted by molar-refractivity contribution is 0.309. The van der Waals surface area contributed by atoms with Gasteiger partial charge in [-0.2, -0.15) is 0 Å². The van der Waals surface area contributed by atoms with Crippen LogP contribution in [0.3, 0.4) is 0 Å². The number of aromatic hydroxyl groups is 2. The van der Waals surface area contributed by atoms with E-state index in [4.69, 9.17) is 0 Å². The molecule has 0 radical (unpaired) electrons. The zero-order chi connectivity index (χ0) is 14.2. The lowest BCUT2D eigenvalue weighted by Crippen LogP contribution is -2.21. The van der Waals surface area contributed by atoms with E-state index in [2.05, 4.69) is 26.8 Å². The molecule has 0 heterocycles. The Hall–Kier alpha value is -1.44. The second-order valence-electron chi connectivity index (χ2n) is 6.18. The molecule has 2 N–H and O–H groups in total. The highest BCUT2D eigenvalue weighted by molar-refractivity contribution is 5.49. The van der Waals surface area contributed by atoms with Gasteiger partial charge in [0.05, 0.1) is 0 Å². The summed E-state index contributed by atoms with van der Waals surface area (Å²) >= 11 is 0. The highest BCUT2D eigenvalue weighted by atomic mass is 16.3. The molecule has 1 aliphatic rings. The van der Waals surface area contributed by atoms with Crippen molar-refractivity contribution in [2.24, 2.45) is 11.8 Å². The first kappa shape index (κ1) is 14.0. The third-order valence-corrected chi connectivity index (χ3v) is 4.34. The monoisotopic (exact) mass is 260 g/mol. The van der Waals surface area contributed by atoms with Gasteiger partial charge in [-0.25, -0.2) is 0 Å². The minimum Gasteiger partial charge on any atom is -0.508 e. The van der Waals surface area contributed by atoms with E-state index in [0.717, 1.165) is 17.5 Å². The minimum absolute atomic E-state index is 0.136. The van der Waals surface area contributed by atoms with Gasteiger partial charge in [0.1, 0.15) is 11.5 Å². The van der Waals surface area contributed by atoms with Crippen LogP contribution in [0.25, 0.3) is 0 Å². The van der Waals surface area contributed by atoms with Crippen molar-refractivity contribution in [1.29, 1.82) is 0 Å². The van der Waals surface area contributed by atoms with E-state index < -0.39 is 0 Å². The van der Waals surface area contributed by atoms with Crippen molar-refractivity contribution in [1.82, 2.24) is 0 Å². The largest absolute Gasteiger partial charge is 0.508 e. The average molecular weight is 260 g/mol. The van der Waals surface area contributed by atoms with Crippen molar-refractivity contribution in [3.05, 3.63) is 34.9 Å². The first-order valence-electron chi connectivity index (χ1n) is 7.10. The molecule has 0 saturated carbocycles. The van der Waals surface area contributed by atoms with E-state index in [9.17, 15) is 10.2 Å². The molecule has 0 aromatic heterocycles. The molecule has 0 aliphatic heterocycles. The Morgan fingerprint density at radius 3 is 2.42 bits per heavy atom. The van der Waals surface area contributed by atoms with Gasteiger partial charge in [-0.15, -0.1) is 0 Å². The lowest BCUT2D eigenvalue weighted by atomic mass is 9.71. The number of phenolic OH excluding ortho intramolecular Hbond substituents is 2. The SMILES string of the molecule is CC1=CC(c2c(C)cc(O)cc2O)C(C(C)C)CC1. The van der Waals surface area contributed by atoms with Crippen LogP contribution in [0.2, 0.25) is 0 Å². The first-order valence-corrected chi connectivity index (χ1v) is 7.10. The van der Waals surface area contributed by atoms with Crippen LogP contribution in [-0.4, -0.2) is 10.2 Å². The summed E-state index contributed by atoms with van der Waals surface area (Å²) in [6.45, 7) is 8.62. The summed E-state index contributed by atoms with van der Waals surface area (Å²) in [5.41, 5.74) is 3.35. The van der Waals surface area contributed by atoms with Gasteiger partial charge in [0.15, 0.2) is 0 Å². The van der Waals surface area contributed by atoms with Crippen LogP contribution < -0.4 is 0 Å². The molecule has 1 aliphatic carbocycles. The summed E-state index contributed by atoms with van der Waals surface area (Å²) in [6.07, 6.45) is 4.62. The third kappa shape index (κ3) is 2.78. The van der Waals surface area contributed by atoms with Crippen molar-refractivity contribution < 1.29 is 10.2 Å². The van der Waals surface area contributed by atoms with Gasteiger partial charge in [0.25, 0.3) is 0 Å². The van der Waals surface area contributed by atoms with Crippen LogP contribution in [0.15, 0.2) is 23.8 Å². The molecule has 0 spiro atoms. The zero-order valence-electron chi connectivity index (χ0n) is 12.3. The number of hydrogen-bond donors (Lipinski definition) is 2. The molecule has 2 heteroatoms. The molecule has 1 aromatic carbocycles. The van der Waals surface area contributed by atoms with Crippen molar-refractivity contribution in [2.75, 3.05) is 0 Å². The second-order valence-corrected chi connectivity index (χ2v) is 6.18. The topological polar surface area (TPSA) is 40.5 Å². The molecule has 0 saturated heterocycles. The molecule has 104 valence electrons. The van der Waals surface area contributed by atoms with E-state index in [1.165, 1.54) is 18.1 Å². The Bertz CT molecular complexity index is 477. The van der Waals surface area contributed by atoms with Crippen LogP contribution in [0, 0.1) is 18.8 Å². The normalized spacial score (nSPS) is 23.5. The quantitative estimate of drug-likeness (QED) is 0.768. The maximum atomic E-state index is 10.2. The van der Waals surface area contributed by atoms with Gasteiger partial charge in [-0.3, -0.25) is 0 Å². The fourth-order valence-electron chi connectivity index (χ4n) is 3.33. The number of hydrogen-bond acceptors (Lipinski definition) is 2. The highest BCUT2D eigenvalue weighted by Gasteiger charge is 2.30. The fraction of sp³-hybridized carbons (Fsp3) is 0.529. The Morgan fingerprint density at radius 2 is 1.84 bits per heavy atom. The lowest BCUT2D eigenvalue weighted by Gasteiger charge is -2.34. The summed E-state index contributed by atoms with van der Waals surface area (Å²) in [4.78, 5) is 0. The molecule has 0 fully saturated rings. The number of benzene rings is 1. The molecule has 1 aromatic rings. The van der Waals surface area contributed by atoms with Crippen molar-refractivity contribution in [3.63, 3.8) is 0 Å². The summed E-state index contributed by atoms with van der Waals surface area (Å²) in [5.74, 6) is 1.75. The Kier molecular flexibility index (Phi) is 3.88. The van der Waals surface area contributed by atoms with E-state index in [0.29, 0.717) is 11.8 Å². The second kappa shape index (κ2) is 5.28. The summed E-state index contributed by atoms with van der Waals surface area (Å²) in [6, 6.07) is 3.20. The number of rotatable bonds is 2. The third-order valence-electron chi connectivity index (χ3n) is 4.34. The Labute approximate surface area is 115 Å². The predicted molar refractivity (Wildman–Crippen MR) is 78.6 cm³/mol. The Morgan fingerprint density at radius 1 is 1.16 bits per heavy atom. The van der Waals surface area contributed by atoms with Crippen LogP contribution >= 0.6 is 0 Å². The van der Waals surface area contributed by atoms with Crippen molar-refractivity contribution in [2.45, 2.75) is 46.5 Å². The van der Waals surface area contributed by atoms with Crippen LogP contribution in [0.5, 0.6) is 11.5 Å². The van der Waals surface area contributed by atoms with E-state index in [-0.39, 0.29) is 17.4 Å². The predicted octanol–water partition coefficient (Wildman–Crippen LogP) is 4.50. The number of phenols is 2. The smallest absolute Gasteiger partial charge is 0.123 e. The van der Waals surface area contributed by atoms with Gasteiger partial charge in [-0.1, -0.05) is 25.5 Å². The molecule has 0 amide bonds. The van der Waals surface area contributed by atoms with Gasteiger partial charge in [-0.05, 0) is 50.2 Å². The van der Waals surface area contributed by atoms with Crippen molar-refractivity contribution >= 4 is 0 Å². The van der Waals surface area contributed by atoms with E-state index in [1.807, 2.05) is 6.92 Å². The summed E-state index contributed by atoms with van der Waals surface area (Å²) in [7, 11) is 0. The highest BCUT2D eigenvalue weighted by Crippen LogP contribution is 2.45. The van der Waals surface area contributed by atoms with Crippen LogP contribution in [0.1, 0.15) is 50.7 Å². The van der Waals surface area contributed by atoms with Gasteiger partial charge < -0.3 is 10.2 Å². The molecule has 2 rings (SSSR count). The van der Waals surface area contributed by atoms with Gasteiger partial charge in [0.2, 0.25) is 0 Å². The van der Waals surface area contributed by atoms with Crippen LogP contribution in [0.4, 0.5) is 0 Å². The van der Waals surface area contributed by atoms with Crippen LogP contribution in [-0.2, 0) is 0 Å². The first-order chi connectivity index (χ1) is 8.90. The zero-order valence-corrected chi connectivity index (χ0v) is 12.3. The molecule has 0 bridgehead atoms. The van der Waals surface area contributed by atoms with E-state index in [1.54, 1.807) is 6.07 Å². The minimum atomic E-state index is 0.136. The summed E-state index contributed by atoms with van der Waals surface area (Å²) < 4.78 is 0. The standard InChI is InChI=1S/C17H24O2/c1-10(2)14-6-5-11(3)7-15(14)17-12(4)8-13(18)9-16(17)19/h7-10,14-15,18-19H,5-6H2,1-4H3. The molecular weight excluding hydrogens is 236 g/mol. The van der Waals surface area contributed by atoms with Gasteiger partial charge in [0, 0.05) is 17.5 Å². The number of aryl methyl sites for hydroxylation is 1. The number of allylic oxidation sites excluding steroid dienone is 2.